The molecular weight excluding hydrogens is 268 g/mol. The van der Waals surface area contributed by atoms with Crippen molar-refractivity contribution in [1.29, 1.82) is 0 Å². The topological polar surface area (TPSA) is 100 Å². The molecule has 0 aliphatic rings. The number of rotatable bonds is 3. The fraction of sp³-hybridized carbons (Fsp3) is 0.167. The molecule has 1 aromatic heterocycles. The van der Waals surface area contributed by atoms with E-state index in [4.69, 9.17) is 5.11 Å². The van der Waals surface area contributed by atoms with Gasteiger partial charge in [-0.1, -0.05) is 12.1 Å². The zero-order valence-electron chi connectivity index (χ0n) is 10.3. The third-order valence-electron chi connectivity index (χ3n) is 2.62. The van der Waals surface area contributed by atoms with E-state index in [-0.39, 0.29) is 16.3 Å². The van der Waals surface area contributed by atoms with Crippen LogP contribution in [0.5, 0.6) is 0 Å². The van der Waals surface area contributed by atoms with Crippen LogP contribution in [0.3, 0.4) is 0 Å². The average Bonchev–Trinajstić information content (AvgIpc) is 2.77. The first-order chi connectivity index (χ1) is 8.79. The summed E-state index contributed by atoms with van der Waals surface area (Å²) in [4.78, 5) is 10.9. The van der Waals surface area contributed by atoms with Crippen molar-refractivity contribution in [2.75, 3.05) is 6.26 Å². The van der Waals surface area contributed by atoms with E-state index in [0.29, 0.717) is 5.56 Å². The van der Waals surface area contributed by atoms with Gasteiger partial charge in [-0.05, 0) is 24.6 Å². The molecule has 0 atom stereocenters. The molecule has 6 nitrogen and oxygen atoms in total. The van der Waals surface area contributed by atoms with Crippen LogP contribution in [0.1, 0.15) is 16.1 Å². The van der Waals surface area contributed by atoms with Crippen LogP contribution in [0, 0.1) is 6.92 Å². The first kappa shape index (κ1) is 13.3. The molecule has 19 heavy (non-hydrogen) atoms. The van der Waals surface area contributed by atoms with Gasteiger partial charge in [-0.25, -0.2) is 13.2 Å². The molecule has 0 saturated heterocycles. The number of aromatic nitrogens is 2. The molecule has 7 heteroatoms. The number of carbonyl (C=O) groups is 1. The molecule has 1 aromatic carbocycles. The summed E-state index contributed by atoms with van der Waals surface area (Å²) in [6, 6.07) is 6.22. The SMILES string of the molecule is Cc1ccc(-c2cc(C(=O)O)[nH]n2)c(S(C)(=O)=O)c1. The maximum atomic E-state index is 11.8. The summed E-state index contributed by atoms with van der Waals surface area (Å²) in [5.74, 6) is -1.15. The van der Waals surface area contributed by atoms with Gasteiger partial charge in [0.1, 0.15) is 5.69 Å². The first-order valence-electron chi connectivity index (χ1n) is 5.39. The third-order valence-corrected chi connectivity index (χ3v) is 3.76. The van der Waals surface area contributed by atoms with Crippen molar-refractivity contribution < 1.29 is 18.3 Å². The van der Waals surface area contributed by atoms with Gasteiger partial charge < -0.3 is 5.11 Å². The number of aromatic carboxylic acids is 1. The number of sulfone groups is 1. The monoisotopic (exact) mass is 280 g/mol. The number of hydrogen-bond acceptors (Lipinski definition) is 4. The zero-order valence-corrected chi connectivity index (χ0v) is 11.2. The van der Waals surface area contributed by atoms with Crippen molar-refractivity contribution in [1.82, 2.24) is 10.2 Å². The number of aromatic amines is 1. The molecule has 2 rings (SSSR count). The zero-order chi connectivity index (χ0) is 14.2. The normalized spacial score (nSPS) is 11.5. The molecule has 1 heterocycles. The highest BCUT2D eigenvalue weighted by atomic mass is 32.2. The van der Waals surface area contributed by atoms with E-state index in [2.05, 4.69) is 10.2 Å². The fourth-order valence-electron chi connectivity index (χ4n) is 1.72. The molecule has 0 bridgehead atoms. The van der Waals surface area contributed by atoms with Crippen LogP contribution < -0.4 is 0 Å². The number of carboxylic acid groups (broad SMARTS) is 1. The number of carboxylic acids is 1. The maximum absolute atomic E-state index is 11.8. The molecule has 0 radical (unpaired) electrons. The van der Waals surface area contributed by atoms with E-state index in [1.165, 1.54) is 6.07 Å². The van der Waals surface area contributed by atoms with Gasteiger partial charge in [0.05, 0.1) is 10.6 Å². The number of H-pyrrole nitrogens is 1. The molecule has 2 aromatic rings. The van der Waals surface area contributed by atoms with Gasteiger partial charge in [0.15, 0.2) is 9.84 Å². The van der Waals surface area contributed by atoms with Crippen LogP contribution in [0.4, 0.5) is 0 Å². The lowest BCUT2D eigenvalue weighted by Crippen LogP contribution is -2.00. The fourth-order valence-corrected chi connectivity index (χ4v) is 2.69. The van der Waals surface area contributed by atoms with Crippen LogP contribution in [-0.4, -0.2) is 35.9 Å². The van der Waals surface area contributed by atoms with Crippen LogP contribution in [-0.2, 0) is 9.84 Å². The molecular formula is C12H12N2O4S. The maximum Gasteiger partial charge on any atom is 0.353 e. The second-order valence-electron chi connectivity index (χ2n) is 4.24. The number of nitrogens with one attached hydrogen (secondary N) is 1. The smallest absolute Gasteiger partial charge is 0.353 e. The highest BCUT2D eigenvalue weighted by Crippen LogP contribution is 2.27. The Morgan fingerprint density at radius 2 is 2.00 bits per heavy atom. The summed E-state index contributed by atoms with van der Waals surface area (Å²) >= 11 is 0. The van der Waals surface area contributed by atoms with Crippen LogP contribution in [0.15, 0.2) is 29.2 Å². The predicted molar refractivity (Wildman–Crippen MR) is 68.8 cm³/mol. The summed E-state index contributed by atoms with van der Waals surface area (Å²) in [5, 5.41) is 15.0. The Morgan fingerprint density at radius 3 is 2.53 bits per heavy atom. The van der Waals surface area contributed by atoms with E-state index >= 15 is 0 Å². The van der Waals surface area contributed by atoms with Gasteiger partial charge in [0.25, 0.3) is 0 Å². The Kier molecular flexibility index (Phi) is 3.15. The number of nitrogens with zero attached hydrogens (tertiary/aromatic N) is 1. The Hall–Kier alpha value is -2.15. The molecule has 0 fully saturated rings. The predicted octanol–water partition coefficient (Wildman–Crippen LogP) is 1.49. The van der Waals surface area contributed by atoms with E-state index in [1.807, 2.05) is 0 Å². The van der Waals surface area contributed by atoms with Crippen molar-refractivity contribution in [3.63, 3.8) is 0 Å². The van der Waals surface area contributed by atoms with Gasteiger partial charge in [0.2, 0.25) is 0 Å². The van der Waals surface area contributed by atoms with E-state index in [0.717, 1.165) is 11.8 Å². The van der Waals surface area contributed by atoms with Crippen molar-refractivity contribution in [3.05, 3.63) is 35.5 Å². The summed E-state index contributed by atoms with van der Waals surface area (Å²) in [6.07, 6.45) is 1.11. The number of aryl methyl sites for hydroxylation is 1. The molecule has 0 amide bonds. The quantitative estimate of drug-likeness (QED) is 0.887. The van der Waals surface area contributed by atoms with Gasteiger partial charge in [-0.2, -0.15) is 5.10 Å². The van der Waals surface area contributed by atoms with Crippen LogP contribution >= 0.6 is 0 Å². The van der Waals surface area contributed by atoms with Gasteiger partial charge in [0, 0.05) is 11.8 Å². The molecule has 0 unspecified atom stereocenters. The highest BCUT2D eigenvalue weighted by molar-refractivity contribution is 7.90. The minimum Gasteiger partial charge on any atom is -0.477 e. The van der Waals surface area contributed by atoms with Crippen molar-refractivity contribution in [2.24, 2.45) is 0 Å². The minimum atomic E-state index is -3.42. The average molecular weight is 280 g/mol. The Labute approximate surface area is 110 Å². The van der Waals surface area contributed by atoms with Crippen LogP contribution in [0.25, 0.3) is 11.3 Å². The lowest BCUT2D eigenvalue weighted by atomic mass is 10.1. The molecule has 0 aliphatic carbocycles. The van der Waals surface area contributed by atoms with Gasteiger partial charge >= 0.3 is 5.97 Å². The molecule has 0 saturated carbocycles. The van der Waals surface area contributed by atoms with Crippen LogP contribution in [0.2, 0.25) is 0 Å². The second kappa shape index (κ2) is 4.51. The standard InChI is InChI=1S/C12H12N2O4S/c1-7-3-4-8(11(5-7)19(2,17)18)9-6-10(12(15)16)14-13-9/h3-6H,1-2H3,(H,13,14)(H,15,16). The van der Waals surface area contributed by atoms with Gasteiger partial charge in [-0.15, -0.1) is 0 Å². The molecule has 0 aliphatic heterocycles. The van der Waals surface area contributed by atoms with E-state index < -0.39 is 15.8 Å². The lowest BCUT2D eigenvalue weighted by molar-refractivity contribution is 0.0690. The number of benzene rings is 1. The van der Waals surface area contributed by atoms with Gasteiger partial charge in [-0.3, -0.25) is 5.10 Å². The van der Waals surface area contributed by atoms with Crippen molar-refractivity contribution >= 4 is 15.8 Å². The van der Waals surface area contributed by atoms with Crippen molar-refractivity contribution in [3.8, 4) is 11.3 Å². The van der Waals surface area contributed by atoms with E-state index in [9.17, 15) is 13.2 Å². The molecule has 0 spiro atoms. The second-order valence-corrected chi connectivity index (χ2v) is 6.23. The molecule has 2 N–H and O–H groups in total. The largest absolute Gasteiger partial charge is 0.477 e. The number of hydrogen-bond donors (Lipinski definition) is 2. The molecule has 100 valence electrons. The highest BCUT2D eigenvalue weighted by Gasteiger charge is 2.18. The van der Waals surface area contributed by atoms with Crippen molar-refractivity contribution in [2.45, 2.75) is 11.8 Å². The Morgan fingerprint density at radius 1 is 1.32 bits per heavy atom. The minimum absolute atomic E-state index is 0.0879. The summed E-state index contributed by atoms with van der Waals surface area (Å²) in [6.45, 7) is 1.78. The first-order valence-corrected chi connectivity index (χ1v) is 7.28. The lowest BCUT2D eigenvalue weighted by Gasteiger charge is -2.06. The summed E-state index contributed by atoms with van der Waals surface area (Å²) < 4.78 is 23.5. The third kappa shape index (κ3) is 2.65. The summed E-state index contributed by atoms with van der Waals surface area (Å²) in [7, 11) is -3.42. The Bertz CT molecular complexity index is 747. The summed E-state index contributed by atoms with van der Waals surface area (Å²) in [5.41, 5.74) is 1.39. The Balaban J connectivity index is 2.65. The van der Waals surface area contributed by atoms with E-state index in [1.54, 1.807) is 25.1 Å².